The minimum absolute atomic E-state index is 0.248. The third-order valence-corrected chi connectivity index (χ3v) is 5.67. The van der Waals surface area contributed by atoms with Crippen LogP contribution in [0.3, 0.4) is 0 Å². The highest BCUT2D eigenvalue weighted by molar-refractivity contribution is 6.31. The quantitative estimate of drug-likeness (QED) is 0.353. The van der Waals surface area contributed by atoms with Crippen molar-refractivity contribution >= 4 is 22.5 Å². The number of halogens is 1. The van der Waals surface area contributed by atoms with E-state index in [0.717, 1.165) is 10.5 Å². The van der Waals surface area contributed by atoms with E-state index in [2.05, 4.69) is 73.4 Å². The molecule has 1 aliphatic rings. The molecule has 1 aliphatic carbocycles. The Morgan fingerprint density at radius 1 is 0.840 bits per heavy atom. The van der Waals surface area contributed by atoms with E-state index in [1.165, 1.54) is 44.5 Å². The molecule has 122 valence electrons. The molecule has 3 aromatic carbocycles. The molecular weight excluding hydrogens is 326 g/mol. The summed E-state index contributed by atoms with van der Waals surface area (Å²) in [7, 11) is 0. The molecule has 0 fully saturated rings. The fourth-order valence-corrected chi connectivity index (χ4v) is 4.51. The Hall–Kier alpha value is -2.51. The van der Waals surface area contributed by atoms with Gasteiger partial charge in [-0.15, -0.1) is 0 Å². The Morgan fingerprint density at radius 3 is 2.40 bits per heavy atom. The van der Waals surface area contributed by atoms with Crippen molar-refractivity contribution in [2.45, 2.75) is 19.8 Å². The fraction of sp³-hybridized carbons (Fsp3) is 0.130. The minimum Gasteiger partial charge on any atom is -0.354 e. The van der Waals surface area contributed by atoms with Gasteiger partial charge in [0.25, 0.3) is 0 Å². The van der Waals surface area contributed by atoms with Gasteiger partial charge in [0.05, 0.1) is 5.69 Å². The van der Waals surface area contributed by atoms with E-state index >= 15 is 0 Å². The summed E-state index contributed by atoms with van der Waals surface area (Å²) in [5.41, 5.74) is 10.5. The van der Waals surface area contributed by atoms with Crippen molar-refractivity contribution in [2.24, 2.45) is 0 Å². The van der Waals surface area contributed by atoms with Crippen molar-refractivity contribution in [3.8, 4) is 11.3 Å². The average molecular weight is 344 g/mol. The van der Waals surface area contributed by atoms with Crippen LogP contribution in [-0.4, -0.2) is 4.98 Å². The Labute approximate surface area is 152 Å². The lowest BCUT2D eigenvalue weighted by Gasteiger charge is -2.17. The maximum atomic E-state index is 6.33. The second kappa shape index (κ2) is 5.24. The van der Waals surface area contributed by atoms with Crippen molar-refractivity contribution in [1.29, 1.82) is 0 Å². The van der Waals surface area contributed by atoms with Gasteiger partial charge in [0.1, 0.15) is 0 Å². The molecule has 1 atom stereocenters. The molecule has 2 heteroatoms. The summed E-state index contributed by atoms with van der Waals surface area (Å²) in [5, 5.41) is 2.01. The standard InChI is InChI=1S/C23H18ClN/c1-13-8-9-14(2)20-19(13)21(15-6-4-3-5-7-15)22-17-12-16(24)10-11-18(17)25-23(20)22/h3-12,21,25H,1-2H3. The predicted molar refractivity (Wildman–Crippen MR) is 106 cm³/mol. The molecule has 5 rings (SSSR count). The summed E-state index contributed by atoms with van der Waals surface area (Å²) >= 11 is 6.33. The zero-order chi connectivity index (χ0) is 17.1. The number of aryl methyl sites for hydroxylation is 2. The summed E-state index contributed by atoms with van der Waals surface area (Å²) in [6.07, 6.45) is 0. The summed E-state index contributed by atoms with van der Waals surface area (Å²) in [4.78, 5) is 3.67. The Balaban J connectivity index is 1.94. The lowest BCUT2D eigenvalue weighted by molar-refractivity contribution is 1.01. The van der Waals surface area contributed by atoms with E-state index in [1.54, 1.807) is 0 Å². The Bertz CT molecular complexity index is 1120. The number of nitrogens with one attached hydrogen (secondary N) is 1. The molecule has 0 spiro atoms. The topological polar surface area (TPSA) is 15.8 Å². The van der Waals surface area contributed by atoms with Gasteiger partial charge in [-0.2, -0.15) is 0 Å². The monoisotopic (exact) mass is 343 g/mol. The molecule has 1 nitrogen and oxygen atoms in total. The highest BCUT2D eigenvalue weighted by Gasteiger charge is 2.35. The van der Waals surface area contributed by atoms with E-state index in [9.17, 15) is 0 Å². The molecule has 25 heavy (non-hydrogen) atoms. The fourth-order valence-electron chi connectivity index (χ4n) is 4.34. The first-order chi connectivity index (χ1) is 12.1. The molecule has 1 heterocycles. The van der Waals surface area contributed by atoms with Crippen molar-refractivity contribution in [2.75, 3.05) is 0 Å². The van der Waals surface area contributed by atoms with Gasteiger partial charge in [-0.05, 0) is 59.9 Å². The lowest BCUT2D eigenvalue weighted by atomic mass is 9.85. The van der Waals surface area contributed by atoms with Gasteiger partial charge in [-0.25, -0.2) is 0 Å². The van der Waals surface area contributed by atoms with Crippen molar-refractivity contribution in [3.63, 3.8) is 0 Å². The number of hydrogen-bond donors (Lipinski definition) is 1. The Kier molecular flexibility index (Phi) is 3.10. The molecule has 0 saturated heterocycles. The first kappa shape index (κ1) is 14.8. The smallest absolute Gasteiger partial charge is 0.0513 e. The zero-order valence-corrected chi connectivity index (χ0v) is 15.0. The van der Waals surface area contributed by atoms with E-state index in [-0.39, 0.29) is 5.92 Å². The number of aromatic nitrogens is 1. The summed E-state index contributed by atoms with van der Waals surface area (Å²) in [6, 6.07) is 21.4. The minimum atomic E-state index is 0.248. The molecule has 0 radical (unpaired) electrons. The summed E-state index contributed by atoms with van der Waals surface area (Å²) in [6.45, 7) is 4.42. The van der Waals surface area contributed by atoms with Crippen LogP contribution in [0.1, 0.15) is 33.7 Å². The summed E-state index contributed by atoms with van der Waals surface area (Å²) < 4.78 is 0. The first-order valence-electron chi connectivity index (χ1n) is 8.61. The number of H-pyrrole nitrogens is 1. The van der Waals surface area contributed by atoms with Crippen LogP contribution in [0.25, 0.3) is 22.2 Å². The molecule has 0 bridgehead atoms. The molecule has 0 aliphatic heterocycles. The number of fused-ring (bicyclic) bond motifs is 5. The van der Waals surface area contributed by atoms with Gasteiger partial charge in [-0.3, -0.25) is 0 Å². The van der Waals surface area contributed by atoms with Crippen LogP contribution in [0.15, 0.2) is 60.7 Å². The van der Waals surface area contributed by atoms with E-state index in [1.807, 2.05) is 6.07 Å². The molecule has 1 unspecified atom stereocenters. The lowest BCUT2D eigenvalue weighted by Crippen LogP contribution is -2.01. The van der Waals surface area contributed by atoms with Gasteiger partial charge in [0.15, 0.2) is 0 Å². The number of aromatic amines is 1. The van der Waals surface area contributed by atoms with E-state index in [0.29, 0.717) is 0 Å². The van der Waals surface area contributed by atoms with E-state index in [4.69, 9.17) is 11.6 Å². The number of rotatable bonds is 1. The second-order valence-corrected chi connectivity index (χ2v) is 7.37. The van der Waals surface area contributed by atoms with Gasteiger partial charge in [0.2, 0.25) is 0 Å². The van der Waals surface area contributed by atoms with Crippen LogP contribution >= 0.6 is 11.6 Å². The van der Waals surface area contributed by atoms with Crippen LogP contribution in [0.5, 0.6) is 0 Å². The molecular formula is C23H18ClN. The average Bonchev–Trinajstić information content (AvgIpc) is 3.14. The van der Waals surface area contributed by atoms with Crippen LogP contribution in [-0.2, 0) is 0 Å². The molecule has 4 aromatic rings. The van der Waals surface area contributed by atoms with Crippen molar-refractivity contribution in [3.05, 3.63) is 93.5 Å². The highest BCUT2D eigenvalue weighted by atomic mass is 35.5. The van der Waals surface area contributed by atoms with Gasteiger partial charge in [-0.1, -0.05) is 54.1 Å². The number of benzene rings is 3. The summed E-state index contributed by atoms with van der Waals surface area (Å²) in [5.74, 6) is 0.248. The molecule has 1 N–H and O–H groups in total. The molecule has 0 saturated carbocycles. The molecule has 0 amide bonds. The van der Waals surface area contributed by atoms with Gasteiger partial charge in [0, 0.05) is 27.4 Å². The SMILES string of the molecule is Cc1ccc(C)c2c1-c1[nH]c3ccc(Cl)cc3c1C2c1ccccc1. The largest absolute Gasteiger partial charge is 0.354 e. The first-order valence-corrected chi connectivity index (χ1v) is 8.99. The highest BCUT2D eigenvalue weighted by Crippen LogP contribution is 2.53. The predicted octanol–water partition coefficient (Wildman–Crippen LogP) is 6.60. The normalized spacial score (nSPS) is 15.4. The van der Waals surface area contributed by atoms with Crippen molar-refractivity contribution in [1.82, 2.24) is 4.98 Å². The maximum absolute atomic E-state index is 6.33. The Morgan fingerprint density at radius 2 is 1.60 bits per heavy atom. The van der Waals surface area contributed by atoms with E-state index < -0.39 is 0 Å². The van der Waals surface area contributed by atoms with Crippen LogP contribution in [0.2, 0.25) is 5.02 Å². The molecule has 1 aromatic heterocycles. The third kappa shape index (κ3) is 2.03. The third-order valence-electron chi connectivity index (χ3n) is 5.43. The van der Waals surface area contributed by atoms with Crippen LogP contribution in [0, 0.1) is 13.8 Å². The van der Waals surface area contributed by atoms with Gasteiger partial charge >= 0.3 is 0 Å². The second-order valence-electron chi connectivity index (χ2n) is 6.94. The van der Waals surface area contributed by atoms with Crippen molar-refractivity contribution < 1.29 is 0 Å². The van der Waals surface area contributed by atoms with Crippen LogP contribution < -0.4 is 0 Å². The van der Waals surface area contributed by atoms with Gasteiger partial charge < -0.3 is 4.98 Å². The van der Waals surface area contributed by atoms with Crippen LogP contribution in [0.4, 0.5) is 0 Å². The number of hydrogen-bond acceptors (Lipinski definition) is 0. The maximum Gasteiger partial charge on any atom is 0.0513 e. The zero-order valence-electron chi connectivity index (χ0n) is 14.2.